The minimum absolute atomic E-state index is 0.000378. The Kier molecular flexibility index (Phi) is 7.30. The third kappa shape index (κ3) is 6.03. The standard InChI is InChI=1S/C21H28F3N3O4/c1-30-17-9-15-5-8-27(11-16(15)10-18(17)31-2)19(28)12-26-6-3-14(4-7-26)20(29)25-13-21(22,23)24/h9-10,14H,3-8,11-13H2,1-2H3,(H,25,29). The van der Waals surface area contributed by atoms with Crippen molar-refractivity contribution in [3.8, 4) is 11.5 Å². The van der Waals surface area contributed by atoms with Crippen molar-refractivity contribution in [2.75, 3.05) is 46.9 Å². The van der Waals surface area contributed by atoms with Gasteiger partial charge in [0.15, 0.2) is 11.5 Å². The van der Waals surface area contributed by atoms with Crippen molar-refractivity contribution in [3.05, 3.63) is 23.3 Å². The van der Waals surface area contributed by atoms with E-state index in [1.54, 1.807) is 19.1 Å². The fourth-order valence-electron chi connectivity index (χ4n) is 4.07. The minimum atomic E-state index is -4.41. The normalized spacial score (nSPS) is 17.8. The quantitative estimate of drug-likeness (QED) is 0.728. The lowest BCUT2D eigenvalue weighted by Gasteiger charge is -2.34. The Balaban J connectivity index is 1.49. The van der Waals surface area contributed by atoms with Gasteiger partial charge in [-0.3, -0.25) is 14.5 Å². The van der Waals surface area contributed by atoms with E-state index in [0.717, 1.165) is 17.5 Å². The van der Waals surface area contributed by atoms with Gasteiger partial charge in [0.05, 0.1) is 20.8 Å². The molecule has 0 unspecified atom stereocenters. The van der Waals surface area contributed by atoms with Crippen molar-refractivity contribution in [2.45, 2.75) is 32.0 Å². The zero-order valence-electron chi connectivity index (χ0n) is 17.8. The van der Waals surface area contributed by atoms with Gasteiger partial charge >= 0.3 is 6.18 Å². The molecule has 0 saturated carbocycles. The zero-order valence-corrected chi connectivity index (χ0v) is 17.8. The van der Waals surface area contributed by atoms with Crippen LogP contribution >= 0.6 is 0 Å². The molecule has 1 aromatic carbocycles. The molecule has 31 heavy (non-hydrogen) atoms. The number of methoxy groups -OCH3 is 2. The molecule has 0 bridgehead atoms. The lowest BCUT2D eigenvalue weighted by Crippen LogP contribution is -2.47. The fraction of sp³-hybridized carbons (Fsp3) is 0.619. The summed E-state index contributed by atoms with van der Waals surface area (Å²) in [7, 11) is 3.16. The second-order valence-corrected chi connectivity index (χ2v) is 7.92. The first-order valence-electron chi connectivity index (χ1n) is 10.3. The molecule has 2 aliphatic rings. The van der Waals surface area contributed by atoms with Crippen molar-refractivity contribution >= 4 is 11.8 Å². The summed E-state index contributed by atoms with van der Waals surface area (Å²) in [6, 6.07) is 3.85. The van der Waals surface area contributed by atoms with E-state index in [9.17, 15) is 22.8 Å². The Morgan fingerprint density at radius 1 is 1.06 bits per heavy atom. The number of alkyl halides is 3. The molecule has 7 nitrogen and oxygen atoms in total. The van der Waals surface area contributed by atoms with Crippen molar-refractivity contribution in [2.24, 2.45) is 5.92 Å². The van der Waals surface area contributed by atoms with E-state index in [0.29, 0.717) is 50.5 Å². The first-order chi connectivity index (χ1) is 14.7. The number of carbonyl (C=O) groups is 2. The number of carbonyl (C=O) groups excluding carboxylic acids is 2. The average molecular weight is 443 g/mol. The lowest BCUT2D eigenvalue weighted by molar-refractivity contribution is -0.142. The van der Waals surface area contributed by atoms with Crippen molar-refractivity contribution in [1.82, 2.24) is 15.1 Å². The van der Waals surface area contributed by atoms with E-state index in [-0.39, 0.29) is 12.5 Å². The SMILES string of the molecule is COc1cc2c(cc1OC)CN(C(=O)CN1CCC(C(=O)NCC(F)(F)F)CC1)CC2. The molecule has 172 valence electrons. The van der Waals surface area contributed by atoms with Gasteiger partial charge in [-0.15, -0.1) is 0 Å². The summed E-state index contributed by atoms with van der Waals surface area (Å²) in [5.74, 6) is 0.281. The van der Waals surface area contributed by atoms with Gasteiger partial charge < -0.3 is 19.7 Å². The van der Waals surface area contributed by atoms with Crippen LogP contribution in [-0.4, -0.2) is 74.7 Å². The van der Waals surface area contributed by atoms with E-state index in [2.05, 4.69) is 0 Å². The summed E-state index contributed by atoms with van der Waals surface area (Å²) in [4.78, 5) is 28.5. The number of rotatable bonds is 6. The van der Waals surface area contributed by atoms with E-state index in [1.165, 1.54) is 0 Å². The van der Waals surface area contributed by atoms with Crippen molar-refractivity contribution in [3.63, 3.8) is 0 Å². The van der Waals surface area contributed by atoms with Gasteiger partial charge in [-0.25, -0.2) is 0 Å². The Labute approximate surface area is 179 Å². The average Bonchev–Trinajstić information content (AvgIpc) is 2.76. The number of ether oxygens (including phenoxy) is 2. The van der Waals surface area contributed by atoms with Gasteiger partial charge in [0.1, 0.15) is 6.54 Å². The molecule has 0 radical (unpaired) electrons. The summed E-state index contributed by atoms with van der Waals surface area (Å²) < 4.78 is 47.5. The van der Waals surface area contributed by atoms with Crippen molar-refractivity contribution < 1.29 is 32.2 Å². The van der Waals surface area contributed by atoms with Crippen LogP contribution in [-0.2, 0) is 22.6 Å². The number of piperidine rings is 1. The van der Waals surface area contributed by atoms with E-state index in [4.69, 9.17) is 9.47 Å². The molecule has 1 saturated heterocycles. The maximum absolute atomic E-state index is 12.8. The van der Waals surface area contributed by atoms with Crippen molar-refractivity contribution in [1.29, 1.82) is 0 Å². The molecule has 1 fully saturated rings. The first-order valence-corrected chi connectivity index (χ1v) is 10.3. The molecular formula is C21H28F3N3O4. The molecular weight excluding hydrogens is 415 g/mol. The molecule has 10 heteroatoms. The topological polar surface area (TPSA) is 71.1 Å². The molecule has 2 heterocycles. The number of nitrogens with zero attached hydrogens (tertiary/aromatic N) is 2. The highest BCUT2D eigenvalue weighted by atomic mass is 19.4. The van der Waals surface area contributed by atoms with Crippen LogP contribution in [0.25, 0.3) is 0 Å². The van der Waals surface area contributed by atoms with Gasteiger partial charge in [0.2, 0.25) is 11.8 Å². The van der Waals surface area contributed by atoms with Gasteiger partial charge in [-0.2, -0.15) is 13.2 Å². The zero-order chi connectivity index (χ0) is 22.6. The number of fused-ring (bicyclic) bond motifs is 1. The molecule has 2 amide bonds. The van der Waals surface area contributed by atoms with E-state index < -0.39 is 24.5 Å². The summed E-state index contributed by atoms with van der Waals surface area (Å²) in [6.07, 6.45) is -2.80. The third-order valence-corrected chi connectivity index (χ3v) is 5.85. The Morgan fingerprint density at radius 3 is 2.26 bits per heavy atom. The van der Waals surface area contributed by atoms with E-state index >= 15 is 0 Å². The Bertz CT molecular complexity index is 808. The summed E-state index contributed by atoms with van der Waals surface area (Å²) in [6.45, 7) is 1.04. The maximum Gasteiger partial charge on any atom is 0.405 e. The third-order valence-electron chi connectivity index (χ3n) is 5.85. The Hall–Kier alpha value is -2.49. The van der Waals surface area contributed by atoms with Gasteiger partial charge in [-0.05, 0) is 55.6 Å². The van der Waals surface area contributed by atoms with Crippen LogP contribution in [0.15, 0.2) is 12.1 Å². The van der Waals surface area contributed by atoms with Gasteiger partial charge in [0.25, 0.3) is 0 Å². The van der Waals surface area contributed by atoms with Crippen LogP contribution in [0.2, 0.25) is 0 Å². The van der Waals surface area contributed by atoms with Gasteiger partial charge in [0, 0.05) is 19.0 Å². The molecule has 1 N–H and O–H groups in total. The summed E-state index contributed by atoms with van der Waals surface area (Å²) >= 11 is 0. The molecule has 0 aromatic heterocycles. The number of nitrogens with one attached hydrogen (secondary N) is 1. The van der Waals surface area contributed by atoms with Crippen LogP contribution in [0.3, 0.4) is 0 Å². The monoisotopic (exact) mass is 443 g/mol. The van der Waals surface area contributed by atoms with Gasteiger partial charge in [-0.1, -0.05) is 0 Å². The van der Waals surface area contributed by atoms with Crippen LogP contribution in [0.5, 0.6) is 11.5 Å². The highest BCUT2D eigenvalue weighted by Gasteiger charge is 2.32. The van der Waals surface area contributed by atoms with Crippen LogP contribution in [0.1, 0.15) is 24.0 Å². The number of benzene rings is 1. The number of amides is 2. The first kappa shape index (κ1) is 23.2. The van der Waals surface area contributed by atoms with E-state index in [1.807, 2.05) is 22.3 Å². The number of halogens is 3. The maximum atomic E-state index is 12.8. The molecule has 0 atom stereocenters. The highest BCUT2D eigenvalue weighted by molar-refractivity contribution is 5.80. The predicted octanol–water partition coefficient (Wildman–Crippen LogP) is 1.98. The van der Waals surface area contributed by atoms with Crippen LogP contribution in [0, 0.1) is 5.92 Å². The smallest absolute Gasteiger partial charge is 0.405 e. The second kappa shape index (κ2) is 9.76. The number of hydrogen-bond donors (Lipinski definition) is 1. The molecule has 0 spiro atoms. The molecule has 1 aromatic rings. The molecule has 0 aliphatic carbocycles. The summed E-state index contributed by atoms with van der Waals surface area (Å²) in [5, 5.41) is 1.95. The highest BCUT2D eigenvalue weighted by Crippen LogP contribution is 2.33. The molecule has 3 rings (SSSR count). The Morgan fingerprint density at radius 2 is 1.68 bits per heavy atom. The number of likely N-dealkylation sites (tertiary alicyclic amines) is 1. The minimum Gasteiger partial charge on any atom is -0.493 e. The largest absolute Gasteiger partial charge is 0.493 e. The summed E-state index contributed by atoms with van der Waals surface area (Å²) in [5.41, 5.74) is 2.16. The van der Waals surface area contributed by atoms with Crippen LogP contribution < -0.4 is 14.8 Å². The fourth-order valence-corrected chi connectivity index (χ4v) is 4.07. The lowest BCUT2D eigenvalue weighted by atomic mass is 9.95. The predicted molar refractivity (Wildman–Crippen MR) is 107 cm³/mol. The molecule has 2 aliphatic heterocycles. The second-order valence-electron chi connectivity index (χ2n) is 7.92. The van der Waals surface area contributed by atoms with Crippen LogP contribution in [0.4, 0.5) is 13.2 Å². The number of hydrogen-bond acceptors (Lipinski definition) is 5.